The smallest absolute Gasteiger partial charge is 2.00 e. The molecular formula is C34H32CoF13P3. The summed E-state index contributed by atoms with van der Waals surface area (Å²) in [6.45, 7) is 0. The van der Waals surface area contributed by atoms with E-state index >= 15 is 0 Å². The fourth-order valence-electron chi connectivity index (χ4n) is 4.12. The molecule has 1 radical (unpaired) electrons. The maximum atomic E-state index is 11.1. The minimum absolute atomic E-state index is 0. The van der Waals surface area contributed by atoms with Gasteiger partial charge in [-0.3, -0.25) is 0 Å². The van der Waals surface area contributed by atoms with E-state index in [1.54, 1.807) is 0 Å². The molecule has 0 spiro atoms. The van der Waals surface area contributed by atoms with E-state index in [4.69, 9.17) is 0 Å². The minimum Gasteiger partial charge on any atom is 2.00 e. The fourth-order valence-corrected chi connectivity index (χ4v) is 8.45. The number of alkyl halides is 5. The summed E-state index contributed by atoms with van der Waals surface area (Å²) in [6.07, 6.45) is -2.65. The largest absolute Gasteiger partial charge is 2.00 e. The average molecular weight is 839 g/mol. The van der Waals surface area contributed by atoms with Crippen molar-refractivity contribution in [3.8, 4) is 0 Å². The number of halogens is 13. The van der Waals surface area contributed by atoms with Crippen molar-refractivity contribution in [1.29, 1.82) is 0 Å². The topological polar surface area (TPSA) is 0 Å². The van der Waals surface area contributed by atoms with Crippen LogP contribution in [0.15, 0.2) is 133 Å². The molecule has 1 fully saturated rings. The molecule has 0 bridgehead atoms. The molecular weight excluding hydrogens is 807 g/mol. The Balaban J connectivity index is 0.000000462. The van der Waals surface area contributed by atoms with E-state index in [-0.39, 0.29) is 16.8 Å². The molecule has 0 saturated heterocycles. The number of benzene rings is 4. The van der Waals surface area contributed by atoms with Gasteiger partial charge in [0.2, 0.25) is 0 Å². The Morgan fingerprint density at radius 1 is 0.451 bits per heavy atom. The molecule has 0 atom stereocenters. The quantitative estimate of drug-likeness (QED) is 0.0988. The van der Waals surface area contributed by atoms with E-state index in [0.29, 0.717) is 0 Å². The second kappa shape index (κ2) is 19.5. The van der Waals surface area contributed by atoms with E-state index in [1.165, 1.54) is 53.3 Å². The normalized spacial score (nSPS) is 14.6. The third-order valence-electron chi connectivity index (χ3n) is 6.35. The second-order valence-electron chi connectivity index (χ2n) is 10.4. The molecule has 0 nitrogen and oxygen atoms in total. The van der Waals surface area contributed by atoms with Crippen LogP contribution in [0.3, 0.4) is 0 Å². The summed E-state index contributed by atoms with van der Waals surface area (Å²) in [5.41, 5.74) is 0. The zero-order valence-electron chi connectivity index (χ0n) is 26.3. The van der Waals surface area contributed by atoms with Gasteiger partial charge < -0.3 is 8.78 Å². The van der Waals surface area contributed by atoms with Crippen LogP contribution in [-0.2, 0) is 16.8 Å². The molecule has 17 heteroatoms. The maximum absolute atomic E-state index is 11.1. The minimum atomic E-state index is -10.7. The van der Waals surface area contributed by atoms with Gasteiger partial charge in [-0.25, -0.2) is 8.78 Å². The van der Waals surface area contributed by atoms with Crippen LogP contribution in [0.25, 0.3) is 0 Å². The van der Waals surface area contributed by atoms with Crippen LogP contribution in [0.4, 0.5) is 55.9 Å². The Labute approximate surface area is 300 Å². The van der Waals surface area contributed by atoms with Crippen LogP contribution in [0.2, 0.25) is 0 Å². The predicted molar refractivity (Wildman–Crippen MR) is 180 cm³/mol. The van der Waals surface area contributed by atoms with Crippen LogP contribution >= 0.6 is 23.7 Å². The molecule has 4 aromatic carbocycles. The van der Waals surface area contributed by atoms with Gasteiger partial charge in [0.05, 0.1) is 6.43 Å². The third kappa shape index (κ3) is 19.8. The molecule has 0 unspecified atom stereocenters. The van der Waals surface area contributed by atoms with Gasteiger partial charge in [-0.2, -0.15) is 13.2 Å². The Kier molecular flexibility index (Phi) is 17.8. The number of rotatable bonds is 7. The molecule has 0 aromatic heterocycles. The Morgan fingerprint density at radius 3 is 0.784 bits per heavy atom. The van der Waals surface area contributed by atoms with Crippen molar-refractivity contribution in [2.75, 3.05) is 0 Å². The van der Waals surface area contributed by atoms with E-state index in [1.807, 2.05) is 0 Å². The van der Waals surface area contributed by atoms with Crippen molar-refractivity contribution in [3.63, 3.8) is 0 Å². The van der Waals surface area contributed by atoms with Crippen molar-refractivity contribution in [1.82, 2.24) is 0 Å². The molecule has 0 amide bonds. The van der Waals surface area contributed by atoms with Crippen molar-refractivity contribution in [2.45, 2.75) is 44.2 Å². The fraction of sp³-hybridized carbons (Fsp3) is 0.206. The van der Waals surface area contributed by atoms with Crippen LogP contribution in [-0.4, -0.2) is 12.1 Å². The Morgan fingerprint density at radius 2 is 0.647 bits per heavy atom. The van der Waals surface area contributed by atoms with Gasteiger partial charge in [0.1, 0.15) is 0 Å². The zero-order valence-corrected chi connectivity index (χ0v) is 30.1. The van der Waals surface area contributed by atoms with Gasteiger partial charge in [0, 0.05) is 0 Å². The third-order valence-corrected chi connectivity index (χ3v) is 10.9. The zero-order chi connectivity index (χ0) is 37.5. The van der Waals surface area contributed by atoms with Crippen molar-refractivity contribution in [3.05, 3.63) is 139 Å². The molecule has 283 valence electrons. The SMILES string of the molecule is C(=C\P(c1ccccc1)c1ccccc1)/P(c1ccccc1)c1ccccc1.C1CCCC1.F[C-](F)C(F)(F)C(F)(F)F.F[P-](F)(F)(F)(F)F.[Co+2]. The first-order valence-electron chi connectivity index (χ1n) is 14.7. The molecule has 1 aliphatic rings. The second-order valence-corrected chi connectivity index (χ2v) is 16.5. The number of hydrogen-bond acceptors (Lipinski definition) is 0. The van der Waals surface area contributed by atoms with Crippen molar-refractivity contribution >= 4 is 44.9 Å². The van der Waals surface area contributed by atoms with Gasteiger partial charge in [-0.1, -0.05) is 165 Å². The average Bonchev–Trinajstić information content (AvgIpc) is 3.64. The van der Waals surface area contributed by atoms with Crippen molar-refractivity contribution < 1.29 is 72.7 Å². The van der Waals surface area contributed by atoms with E-state index in [9.17, 15) is 55.9 Å². The molecule has 0 N–H and O–H groups in total. The van der Waals surface area contributed by atoms with Crippen molar-refractivity contribution in [2.24, 2.45) is 0 Å². The first kappa shape index (κ1) is 46.5. The van der Waals surface area contributed by atoms with Gasteiger partial charge in [0.15, 0.2) is 0 Å². The summed E-state index contributed by atoms with van der Waals surface area (Å²) < 4.78 is 135. The van der Waals surface area contributed by atoms with Gasteiger partial charge in [-0.05, 0) is 37.1 Å². The molecule has 1 aliphatic carbocycles. The summed E-state index contributed by atoms with van der Waals surface area (Å²) in [7, 11) is -11.7. The maximum Gasteiger partial charge on any atom is 2.00 e. The first-order valence-corrected chi connectivity index (χ1v) is 19.6. The van der Waals surface area contributed by atoms with Crippen LogP contribution in [0, 0.1) is 6.43 Å². The Bertz CT molecular complexity index is 1370. The molecule has 5 rings (SSSR count). The summed E-state index contributed by atoms with van der Waals surface area (Å²) in [5.74, 6) is -1.08. The summed E-state index contributed by atoms with van der Waals surface area (Å²) in [5, 5.41) is 5.54. The molecule has 51 heavy (non-hydrogen) atoms. The molecule has 4 aromatic rings. The molecule has 0 heterocycles. The standard InChI is InChI=1S/C26H22P2.C5H10.C3F7.Co.F6P/c1-5-13-23(14-6-1)27(24-15-7-2-8-16-24)21-22-28(25-17-9-3-10-18-25)26-19-11-4-12-20-26;1-2-4-5-3-1;4-1(5)2(6,7)3(8,9)10;;1-7(2,3,4,5)6/h1-22H;1-5H2;;;/q;;-1;+2;-1/b22-21+;;;;. The van der Waals surface area contributed by atoms with Gasteiger partial charge in [-0.15, -0.1) is 0 Å². The first-order chi connectivity index (χ1) is 23.1. The Hall–Kier alpha value is -2.49. The number of hydrogen-bond donors (Lipinski definition) is 0. The summed E-state index contributed by atoms with van der Waals surface area (Å²) in [6, 6.07) is 43.4. The predicted octanol–water partition coefficient (Wildman–Crippen LogP) is 13.7. The molecule has 0 aliphatic heterocycles. The molecule has 1 saturated carbocycles. The summed E-state index contributed by atoms with van der Waals surface area (Å²) >= 11 is 0. The van der Waals surface area contributed by atoms with E-state index in [2.05, 4.69) is 133 Å². The van der Waals surface area contributed by atoms with Gasteiger partial charge in [0.25, 0.3) is 5.92 Å². The van der Waals surface area contributed by atoms with E-state index < -0.39 is 42.2 Å². The van der Waals surface area contributed by atoms with Crippen LogP contribution < -0.4 is 21.2 Å². The van der Waals surface area contributed by atoms with Crippen LogP contribution in [0.1, 0.15) is 32.1 Å². The monoisotopic (exact) mass is 839 g/mol. The van der Waals surface area contributed by atoms with Crippen LogP contribution in [0.5, 0.6) is 0 Å². The summed E-state index contributed by atoms with van der Waals surface area (Å²) in [4.78, 5) is 0. The van der Waals surface area contributed by atoms with E-state index in [0.717, 1.165) is 0 Å². The van der Waals surface area contributed by atoms with Gasteiger partial charge >= 0.3 is 55.9 Å².